The molecule has 0 bridgehead atoms. The van der Waals surface area contributed by atoms with Crippen LogP contribution < -0.4 is 5.32 Å². The lowest BCUT2D eigenvalue weighted by Crippen LogP contribution is -2.43. The van der Waals surface area contributed by atoms with Crippen LogP contribution in [-0.2, 0) is 6.54 Å². The highest BCUT2D eigenvalue weighted by molar-refractivity contribution is 14.0. The van der Waals surface area contributed by atoms with Crippen molar-refractivity contribution in [2.75, 3.05) is 19.6 Å². The van der Waals surface area contributed by atoms with Gasteiger partial charge in [-0.3, -0.25) is 0 Å². The molecule has 1 aromatic carbocycles. The van der Waals surface area contributed by atoms with Gasteiger partial charge in [-0.05, 0) is 31.4 Å². The van der Waals surface area contributed by atoms with E-state index in [1.54, 1.807) is 11.3 Å². The molecule has 2 heterocycles. The summed E-state index contributed by atoms with van der Waals surface area (Å²) in [6.07, 6.45) is 5.28. The van der Waals surface area contributed by atoms with Crippen molar-refractivity contribution in [2.45, 2.75) is 26.8 Å². The van der Waals surface area contributed by atoms with Crippen molar-refractivity contribution in [3.05, 3.63) is 58.1 Å². The molecule has 1 N–H and O–H groups in total. The van der Waals surface area contributed by atoms with Gasteiger partial charge in [-0.25, -0.2) is 9.98 Å². The highest BCUT2D eigenvalue weighted by Gasteiger charge is 2.16. The van der Waals surface area contributed by atoms with Crippen molar-refractivity contribution >= 4 is 46.8 Å². The fraction of sp³-hybridized carbons (Fsp3) is 0.368. The Morgan fingerprint density at radius 1 is 1.32 bits per heavy atom. The number of benzene rings is 1. The first kappa shape index (κ1) is 19.9. The topological polar surface area (TPSA) is 40.5 Å². The molecule has 0 saturated carbocycles. The van der Waals surface area contributed by atoms with Gasteiger partial charge >= 0.3 is 0 Å². The molecule has 25 heavy (non-hydrogen) atoms. The Morgan fingerprint density at radius 3 is 2.72 bits per heavy atom. The van der Waals surface area contributed by atoms with Gasteiger partial charge in [-0.2, -0.15) is 0 Å². The van der Waals surface area contributed by atoms with Crippen LogP contribution >= 0.6 is 35.3 Å². The van der Waals surface area contributed by atoms with Crippen molar-refractivity contribution < 1.29 is 0 Å². The van der Waals surface area contributed by atoms with Crippen molar-refractivity contribution in [3.8, 4) is 0 Å². The van der Waals surface area contributed by atoms with Crippen LogP contribution in [0.15, 0.2) is 47.6 Å². The van der Waals surface area contributed by atoms with Gasteiger partial charge in [0.15, 0.2) is 5.96 Å². The number of aryl methyl sites for hydroxylation is 1. The van der Waals surface area contributed by atoms with E-state index in [9.17, 15) is 0 Å². The van der Waals surface area contributed by atoms with E-state index in [0.29, 0.717) is 6.54 Å². The van der Waals surface area contributed by atoms with E-state index >= 15 is 0 Å². The SMILES string of the molecule is CCNC(=NCc1ncc(C)s1)N1CC=C(c2ccccc2)CC1.I. The van der Waals surface area contributed by atoms with Crippen molar-refractivity contribution in [1.29, 1.82) is 0 Å². The van der Waals surface area contributed by atoms with E-state index in [1.807, 2.05) is 6.20 Å². The number of aromatic nitrogens is 1. The van der Waals surface area contributed by atoms with Crippen LogP contribution in [0, 0.1) is 6.92 Å². The molecule has 0 amide bonds. The summed E-state index contributed by atoms with van der Waals surface area (Å²) >= 11 is 1.72. The molecule has 4 nitrogen and oxygen atoms in total. The first-order valence-electron chi connectivity index (χ1n) is 8.45. The number of nitrogens with zero attached hydrogens (tertiary/aromatic N) is 3. The number of hydrogen-bond donors (Lipinski definition) is 1. The lowest BCUT2D eigenvalue weighted by atomic mass is 10.00. The third kappa shape index (κ3) is 5.54. The minimum absolute atomic E-state index is 0. The Hall–Kier alpha value is -1.41. The monoisotopic (exact) mass is 468 g/mol. The van der Waals surface area contributed by atoms with Crippen LogP contribution in [0.1, 0.15) is 28.8 Å². The van der Waals surface area contributed by atoms with Gasteiger partial charge in [0.2, 0.25) is 0 Å². The number of halogens is 1. The Balaban J connectivity index is 0.00000225. The van der Waals surface area contributed by atoms with E-state index in [-0.39, 0.29) is 24.0 Å². The van der Waals surface area contributed by atoms with Gasteiger partial charge in [-0.15, -0.1) is 35.3 Å². The van der Waals surface area contributed by atoms with Crippen molar-refractivity contribution in [3.63, 3.8) is 0 Å². The minimum atomic E-state index is 0. The van der Waals surface area contributed by atoms with Crippen LogP contribution in [0.5, 0.6) is 0 Å². The summed E-state index contributed by atoms with van der Waals surface area (Å²) in [4.78, 5) is 12.7. The summed E-state index contributed by atoms with van der Waals surface area (Å²) in [6.45, 7) is 7.60. The summed E-state index contributed by atoms with van der Waals surface area (Å²) in [5, 5.41) is 4.48. The van der Waals surface area contributed by atoms with Gasteiger partial charge < -0.3 is 10.2 Å². The Kier molecular flexibility index (Phi) is 7.90. The number of aliphatic imine (C=N–C) groups is 1. The minimum Gasteiger partial charge on any atom is -0.356 e. The van der Waals surface area contributed by atoms with Crippen molar-refractivity contribution in [2.24, 2.45) is 4.99 Å². The number of nitrogens with one attached hydrogen (secondary N) is 1. The second-order valence-corrected chi connectivity index (χ2v) is 7.15. The smallest absolute Gasteiger partial charge is 0.194 e. The van der Waals surface area contributed by atoms with Crippen LogP contribution in [0.4, 0.5) is 0 Å². The average Bonchev–Trinajstić information content (AvgIpc) is 3.05. The Labute approximate surface area is 171 Å². The lowest BCUT2D eigenvalue weighted by molar-refractivity contribution is 0.440. The third-order valence-corrected chi connectivity index (χ3v) is 4.92. The molecule has 0 spiro atoms. The van der Waals surface area contributed by atoms with Gasteiger partial charge in [0.25, 0.3) is 0 Å². The third-order valence-electron chi connectivity index (χ3n) is 4.02. The Bertz CT molecular complexity index is 724. The summed E-state index contributed by atoms with van der Waals surface area (Å²) < 4.78 is 0. The quantitative estimate of drug-likeness (QED) is 0.413. The van der Waals surface area contributed by atoms with Crippen LogP contribution in [0.3, 0.4) is 0 Å². The lowest BCUT2D eigenvalue weighted by Gasteiger charge is -2.29. The molecule has 0 radical (unpaired) electrons. The average molecular weight is 468 g/mol. The number of guanidine groups is 1. The Morgan fingerprint density at radius 2 is 2.12 bits per heavy atom. The predicted molar refractivity (Wildman–Crippen MR) is 118 cm³/mol. The highest BCUT2D eigenvalue weighted by Crippen LogP contribution is 2.22. The zero-order valence-electron chi connectivity index (χ0n) is 14.7. The molecule has 1 aliphatic rings. The fourth-order valence-electron chi connectivity index (χ4n) is 2.82. The molecule has 0 saturated heterocycles. The number of hydrogen-bond acceptors (Lipinski definition) is 3. The molecule has 3 rings (SSSR count). The molecular formula is C19H25IN4S. The summed E-state index contributed by atoms with van der Waals surface area (Å²) in [7, 11) is 0. The van der Waals surface area contributed by atoms with E-state index < -0.39 is 0 Å². The molecule has 0 fully saturated rings. The molecule has 1 aliphatic heterocycles. The van der Waals surface area contributed by atoms with Crippen LogP contribution in [0.2, 0.25) is 0 Å². The van der Waals surface area contributed by atoms with Crippen LogP contribution in [0.25, 0.3) is 5.57 Å². The maximum Gasteiger partial charge on any atom is 0.194 e. The second-order valence-electron chi connectivity index (χ2n) is 5.83. The van der Waals surface area contributed by atoms with Gasteiger partial charge in [0.1, 0.15) is 5.01 Å². The zero-order chi connectivity index (χ0) is 16.8. The standard InChI is InChI=1S/C19H24N4S.HI/c1-3-20-19(22-14-18-21-13-15(2)24-18)23-11-9-17(10-12-23)16-7-5-4-6-8-16;/h4-9,13H,3,10-12,14H2,1-2H3,(H,20,22);1H. The normalized spacial score (nSPS) is 14.7. The first-order valence-corrected chi connectivity index (χ1v) is 9.27. The van der Waals surface area contributed by atoms with E-state index in [2.05, 4.69) is 65.5 Å². The summed E-state index contributed by atoms with van der Waals surface area (Å²) in [5.74, 6) is 0.980. The van der Waals surface area contributed by atoms with Gasteiger partial charge in [0, 0.05) is 30.7 Å². The first-order chi connectivity index (χ1) is 11.8. The van der Waals surface area contributed by atoms with E-state index in [1.165, 1.54) is 16.0 Å². The summed E-state index contributed by atoms with van der Waals surface area (Å²) in [6, 6.07) is 10.6. The number of thiazole rings is 1. The van der Waals surface area contributed by atoms with E-state index in [0.717, 1.165) is 37.0 Å². The zero-order valence-corrected chi connectivity index (χ0v) is 17.9. The largest absolute Gasteiger partial charge is 0.356 e. The van der Waals surface area contributed by atoms with Gasteiger partial charge in [0.05, 0.1) is 6.54 Å². The maximum atomic E-state index is 4.77. The second kappa shape index (κ2) is 9.91. The van der Waals surface area contributed by atoms with Crippen molar-refractivity contribution in [1.82, 2.24) is 15.2 Å². The highest BCUT2D eigenvalue weighted by atomic mass is 127. The summed E-state index contributed by atoms with van der Waals surface area (Å²) in [5.41, 5.74) is 2.76. The molecular weight excluding hydrogens is 443 g/mol. The fourth-order valence-corrected chi connectivity index (χ4v) is 3.53. The predicted octanol–water partition coefficient (Wildman–Crippen LogP) is 4.32. The van der Waals surface area contributed by atoms with Crippen LogP contribution in [-0.4, -0.2) is 35.5 Å². The molecule has 0 unspecified atom stereocenters. The molecule has 2 aromatic rings. The maximum absolute atomic E-state index is 4.77. The molecule has 134 valence electrons. The molecule has 0 atom stereocenters. The molecule has 0 aliphatic carbocycles. The number of rotatable bonds is 4. The molecule has 1 aromatic heterocycles. The van der Waals surface area contributed by atoms with Gasteiger partial charge in [-0.1, -0.05) is 36.4 Å². The van der Waals surface area contributed by atoms with E-state index in [4.69, 9.17) is 4.99 Å². The molecule has 6 heteroatoms.